The van der Waals surface area contributed by atoms with Crippen LogP contribution in [0.25, 0.3) is 0 Å². The Morgan fingerprint density at radius 1 is 0.667 bits per heavy atom. The largest absolute Gasteiger partial charge is 0.378 e. The van der Waals surface area contributed by atoms with Crippen molar-refractivity contribution >= 4 is 0 Å². The molecule has 0 N–H and O–H groups in total. The molecule has 1 heteroatoms. The predicted molar refractivity (Wildman–Crippen MR) is 82.2 cm³/mol. The first-order valence-electron chi connectivity index (χ1n) is 8.46. The van der Waals surface area contributed by atoms with Crippen LogP contribution in [0.3, 0.4) is 0 Å². The molecule has 0 saturated carbocycles. The van der Waals surface area contributed by atoms with Crippen LogP contribution < -0.4 is 0 Å². The minimum Gasteiger partial charge on any atom is -0.378 e. The van der Waals surface area contributed by atoms with Gasteiger partial charge in [0.15, 0.2) is 0 Å². The van der Waals surface area contributed by atoms with E-state index in [4.69, 9.17) is 4.74 Å². The molecule has 0 aliphatic rings. The second-order valence-electron chi connectivity index (χ2n) is 5.52. The summed E-state index contributed by atoms with van der Waals surface area (Å²) in [5, 5.41) is 0. The molecule has 18 heavy (non-hydrogen) atoms. The molecule has 0 aromatic heterocycles. The molecule has 0 radical (unpaired) electrons. The lowest BCUT2D eigenvalue weighted by molar-refractivity contribution is 0.0436. The van der Waals surface area contributed by atoms with E-state index in [0.717, 1.165) is 13.0 Å². The molecule has 0 aromatic rings. The molecule has 0 rings (SSSR count). The standard InChI is InChI=1S/C17H36O/c1-4-7-8-9-10-11-12-13-14-15-17(6-3)18-16-5-2/h17H,4-16H2,1-3H3. The third-order valence-electron chi connectivity index (χ3n) is 3.64. The quantitative estimate of drug-likeness (QED) is 0.341. The molecule has 0 aliphatic heterocycles. The highest BCUT2D eigenvalue weighted by atomic mass is 16.5. The summed E-state index contributed by atoms with van der Waals surface area (Å²) < 4.78 is 5.81. The van der Waals surface area contributed by atoms with Gasteiger partial charge in [0.2, 0.25) is 0 Å². The van der Waals surface area contributed by atoms with Crippen LogP contribution in [-0.2, 0) is 4.74 Å². The second-order valence-corrected chi connectivity index (χ2v) is 5.52. The summed E-state index contributed by atoms with van der Waals surface area (Å²) in [5.74, 6) is 0. The summed E-state index contributed by atoms with van der Waals surface area (Å²) in [4.78, 5) is 0. The Morgan fingerprint density at radius 3 is 1.72 bits per heavy atom. The van der Waals surface area contributed by atoms with Crippen LogP contribution in [0.4, 0.5) is 0 Å². The van der Waals surface area contributed by atoms with Crippen LogP contribution in [0.15, 0.2) is 0 Å². The van der Waals surface area contributed by atoms with Gasteiger partial charge in [-0.25, -0.2) is 0 Å². The van der Waals surface area contributed by atoms with Crippen molar-refractivity contribution in [2.75, 3.05) is 6.61 Å². The molecular formula is C17H36O. The lowest BCUT2D eigenvalue weighted by Crippen LogP contribution is -2.12. The van der Waals surface area contributed by atoms with Crippen molar-refractivity contribution in [2.45, 2.75) is 104 Å². The third-order valence-corrected chi connectivity index (χ3v) is 3.64. The highest BCUT2D eigenvalue weighted by Gasteiger charge is 2.05. The Kier molecular flexibility index (Phi) is 15.0. The summed E-state index contributed by atoms with van der Waals surface area (Å²) >= 11 is 0. The van der Waals surface area contributed by atoms with Gasteiger partial charge in [-0.3, -0.25) is 0 Å². The van der Waals surface area contributed by atoms with E-state index in [2.05, 4.69) is 20.8 Å². The Bertz CT molecular complexity index is 145. The van der Waals surface area contributed by atoms with Crippen LogP contribution in [0, 0.1) is 0 Å². The van der Waals surface area contributed by atoms with Crippen molar-refractivity contribution in [3.05, 3.63) is 0 Å². The molecule has 0 aliphatic carbocycles. The van der Waals surface area contributed by atoms with Crippen molar-refractivity contribution < 1.29 is 4.74 Å². The Balaban J connectivity index is 3.17. The molecule has 0 bridgehead atoms. The SMILES string of the molecule is CCCCCCCCCCCC(CC)OCCC. The molecule has 1 unspecified atom stereocenters. The summed E-state index contributed by atoms with van der Waals surface area (Å²) in [6.45, 7) is 7.65. The lowest BCUT2D eigenvalue weighted by atomic mass is 10.0. The normalized spacial score (nSPS) is 12.8. The van der Waals surface area contributed by atoms with E-state index < -0.39 is 0 Å². The average Bonchev–Trinajstić information content (AvgIpc) is 2.40. The molecule has 0 aromatic carbocycles. The van der Waals surface area contributed by atoms with Crippen LogP contribution in [-0.4, -0.2) is 12.7 Å². The fraction of sp³-hybridized carbons (Fsp3) is 1.00. The molecule has 0 fully saturated rings. The van der Waals surface area contributed by atoms with Crippen molar-refractivity contribution in [1.82, 2.24) is 0 Å². The van der Waals surface area contributed by atoms with Crippen LogP contribution in [0.1, 0.15) is 97.8 Å². The summed E-state index contributed by atoms with van der Waals surface area (Å²) in [6, 6.07) is 0. The van der Waals surface area contributed by atoms with E-state index in [0.29, 0.717) is 6.10 Å². The van der Waals surface area contributed by atoms with Gasteiger partial charge in [0.05, 0.1) is 6.10 Å². The molecule has 0 spiro atoms. The molecule has 0 amide bonds. The smallest absolute Gasteiger partial charge is 0.0572 e. The van der Waals surface area contributed by atoms with Crippen LogP contribution in [0.5, 0.6) is 0 Å². The van der Waals surface area contributed by atoms with Gasteiger partial charge in [-0.05, 0) is 19.3 Å². The van der Waals surface area contributed by atoms with Gasteiger partial charge >= 0.3 is 0 Å². The monoisotopic (exact) mass is 256 g/mol. The van der Waals surface area contributed by atoms with Gasteiger partial charge in [-0.15, -0.1) is 0 Å². The molecule has 1 nitrogen and oxygen atoms in total. The van der Waals surface area contributed by atoms with Crippen LogP contribution in [0.2, 0.25) is 0 Å². The fourth-order valence-corrected chi connectivity index (χ4v) is 2.37. The Labute approximate surface area is 116 Å². The van der Waals surface area contributed by atoms with E-state index >= 15 is 0 Å². The Hall–Kier alpha value is -0.0400. The highest BCUT2D eigenvalue weighted by molar-refractivity contribution is 4.56. The van der Waals surface area contributed by atoms with E-state index in [9.17, 15) is 0 Å². The molecule has 0 heterocycles. The first-order valence-corrected chi connectivity index (χ1v) is 8.46. The summed E-state index contributed by atoms with van der Waals surface area (Å²) in [6.07, 6.45) is 16.9. The first kappa shape index (κ1) is 18.0. The topological polar surface area (TPSA) is 9.23 Å². The molecule has 1 atom stereocenters. The fourth-order valence-electron chi connectivity index (χ4n) is 2.37. The van der Waals surface area contributed by atoms with Crippen LogP contribution >= 0.6 is 0 Å². The van der Waals surface area contributed by atoms with E-state index in [1.807, 2.05) is 0 Å². The van der Waals surface area contributed by atoms with E-state index in [1.165, 1.54) is 70.6 Å². The number of unbranched alkanes of at least 4 members (excludes halogenated alkanes) is 8. The number of rotatable bonds is 14. The molecular weight excluding hydrogens is 220 g/mol. The maximum atomic E-state index is 5.81. The number of hydrogen-bond donors (Lipinski definition) is 0. The maximum absolute atomic E-state index is 5.81. The Morgan fingerprint density at radius 2 is 1.22 bits per heavy atom. The first-order chi connectivity index (χ1) is 8.85. The van der Waals surface area contributed by atoms with E-state index in [1.54, 1.807) is 0 Å². The van der Waals surface area contributed by atoms with Crippen molar-refractivity contribution in [1.29, 1.82) is 0 Å². The van der Waals surface area contributed by atoms with Crippen molar-refractivity contribution in [3.63, 3.8) is 0 Å². The van der Waals surface area contributed by atoms with Gasteiger partial charge in [0, 0.05) is 6.61 Å². The number of ether oxygens (including phenoxy) is 1. The van der Waals surface area contributed by atoms with Crippen molar-refractivity contribution in [3.8, 4) is 0 Å². The highest BCUT2D eigenvalue weighted by Crippen LogP contribution is 2.13. The predicted octanol–water partition coefficient (Wildman–Crippen LogP) is 6.11. The lowest BCUT2D eigenvalue weighted by Gasteiger charge is -2.15. The minimum absolute atomic E-state index is 0.523. The maximum Gasteiger partial charge on any atom is 0.0572 e. The van der Waals surface area contributed by atoms with Gasteiger partial charge in [-0.1, -0.05) is 78.6 Å². The zero-order valence-electron chi connectivity index (χ0n) is 13.2. The van der Waals surface area contributed by atoms with Crippen molar-refractivity contribution in [2.24, 2.45) is 0 Å². The summed E-state index contributed by atoms with van der Waals surface area (Å²) in [5.41, 5.74) is 0. The zero-order chi connectivity index (χ0) is 13.5. The van der Waals surface area contributed by atoms with Gasteiger partial charge in [0.1, 0.15) is 0 Å². The average molecular weight is 256 g/mol. The van der Waals surface area contributed by atoms with Gasteiger partial charge in [-0.2, -0.15) is 0 Å². The minimum atomic E-state index is 0.523. The summed E-state index contributed by atoms with van der Waals surface area (Å²) in [7, 11) is 0. The van der Waals surface area contributed by atoms with E-state index in [-0.39, 0.29) is 0 Å². The third kappa shape index (κ3) is 12.4. The number of hydrogen-bond acceptors (Lipinski definition) is 1. The zero-order valence-corrected chi connectivity index (χ0v) is 13.2. The van der Waals surface area contributed by atoms with Gasteiger partial charge in [0.25, 0.3) is 0 Å². The van der Waals surface area contributed by atoms with Gasteiger partial charge < -0.3 is 4.74 Å². The second kappa shape index (κ2) is 15.0. The molecule has 110 valence electrons. The molecule has 0 saturated heterocycles.